The smallest absolute Gasteiger partial charge is 0.409 e. The monoisotopic (exact) mass is 404 g/mol. The number of amides is 1. The molecule has 1 saturated heterocycles. The Morgan fingerprint density at radius 2 is 1.90 bits per heavy atom. The highest BCUT2D eigenvalue weighted by molar-refractivity contribution is 5.80. The molecule has 2 rings (SSSR count). The van der Waals surface area contributed by atoms with Gasteiger partial charge in [-0.3, -0.25) is 0 Å². The Morgan fingerprint density at radius 1 is 1.17 bits per heavy atom. The summed E-state index contributed by atoms with van der Waals surface area (Å²) in [6.07, 6.45) is 2.56. The first kappa shape index (κ1) is 23.0. The van der Waals surface area contributed by atoms with E-state index >= 15 is 0 Å². The molecule has 0 unspecified atom stereocenters. The van der Waals surface area contributed by atoms with Crippen LogP contribution in [0.5, 0.6) is 0 Å². The number of carbonyl (C=O) groups excluding carboxylic acids is 1. The van der Waals surface area contributed by atoms with Gasteiger partial charge in [0.15, 0.2) is 5.96 Å². The van der Waals surface area contributed by atoms with E-state index in [4.69, 9.17) is 14.5 Å². The van der Waals surface area contributed by atoms with Crippen molar-refractivity contribution in [1.82, 2.24) is 15.5 Å². The SMILES string of the molecule is CCCOCc1ccccc1CN=C(NCC)NC1CCN(C(=O)OCC)CC1. The molecule has 0 aromatic heterocycles. The quantitative estimate of drug-likeness (QED) is 0.375. The van der Waals surface area contributed by atoms with Crippen LogP contribution in [-0.4, -0.2) is 55.8 Å². The van der Waals surface area contributed by atoms with Gasteiger partial charge in [0.2, 0.25) is 0 Å². The summed E-state index contributed by atoms with van der Waals surface area (Å²) < 4.78 is 10.8. The van der Waals surface area contributed by atoms with Crippen molar-refractivity contribution in [3.63, 3.8) is 0 Å². The Bertz CT molecular complexity index is 643. The fourth-order valence-electron chi connectivity index (χ4n) is 3.28. The Morgan fingerprint density at radius 3 is 2.55 bits per heavy atom. The van der Waals surface area contributed by atoms with Crippen LogP contribution in [0.4, 0.5) is 4.79 Å². The van der Waals surface area contributed by atoms with Gasteiger partial charge < -0.3 is 25.0 Å². The molecule has 29 heavy (non-hydrogen) atoms. The normalized spacial score (nSPS) is 15.3. The van der Waals surface area contributed by atoms with E-state index in [9.17, 15) is 4.79 Å². The predicted molar refractivity (Wildman–Crippen MR) is 116 cm³/mol. The maximum Gasteiger partial charge on any atom is 0.409 e. The fourth-order valence-corrected chi connectivity index (χ4v) is 3.28. The summed E-state index contributed by atoms with van der Waals surface area (Å²) in [5, 5.41) is 6.85. The van der Waals surface area contributed by atoms with Crippen molar-refractivity contribution in [2.24, 2.45) is 4.99 Å². The van der Waals surface area contributed by atoms with Crippen LogP contribution >= 0.6 is 0 Å². The topological polar surface area (TPSA) is 75.2 Å². The van der Waals surface area contributed by atoms with E-state index in [0.717, 1.165) is 38.4 Å². The van der Waals surface area contributed by atoms with Crippen LogP contribution < -0.4 is 10.6 Å². The second-order valence-corrected chi connectivity index (χ2v) is 7.12. The maximum atomic E-state index is 11.9. The van der Waals surface area contributed by atoms with Crippen molar-refractivity contribution >= 4 is 12.1 Å². The van der Waals surface area contributed by atoms with E-state index in [1.807, 2.05) is 19.1 Å². The highest BCUT2D eigenvalue weighted by Crippen LogP contribution is 2.13. The molecule has 7 nitrogen and oxygen atoms in total. The number of piperidine rings is 1. The predicted octanol–water partition coefficient (Wildman–Crippen LogP) is 3.29. The third-order valence-electron chi connectivity index (χ3n) is 4.84. The molecular formula is C22H36N4O3. The summed E-state index contributed by atoms with van der Waals surface area (Å²) in [5.41, 5.74) is 2.36. The molecule has 1 aromatic rings. The molecule has 1 aromatic carbocycles. The lowest BCUT2D eigenvalue weighted by Gasteiger charge is -2.32. The number of nitrogens with zero attached hydrogens (tertiary/aromatic N) is 2. The van der Waals surface area contributed by atoms with Crippen molar-refractivity contribution < 1.29 is 14.3 Å². The average Bonchev–Trinajstić information content (AvgIpc) is 2.74. The zero-order valence-corrected chi connectivity index (χ0v) is 18.1. The molecule has 7 heteroatoms. The number of guanidine groups is 1. The molecule has 162 valence electrons. The number of ether oxygens (including phenoxy) is 2. The van der Waals surface area contributed by atoms with Gasteiger partial charge in [0.1, 0.15) is 0 Å². The molecule has 1 aliphatic heterocycles. The second kappa shape index (κ2) is 13.0. The first-order valence-electron chi connectivity index (χ1n) is 10.8. The number of nitrogens with one attached hydrogen (secondary N) is 2. The highest BCUT2D eigenvalue weighted by Gasteiger charge is 2.24. The summed E-state index contributed by atoms with van der Waals surface area (Å²) in [5.74, 6) is 0.811. The third-order valence-corrected chi connectivity index (χ3v) is 4.84. The lowest BCUT2D eigenvalue weighted by Crippen LogP contribution is -2.49. The van der Waals surface area contributed by atoms with Gasteiger partial charge in [0.05, 0.1) is 19.8 Å². The summed E-state index contributed by atoms with van der Waals surface area (Å²) in [7, 11) is 0. The van der Waals surface area contributed by atoms with Crippen molar-refractivity contribution in [2.75, 3.05) is 32.8 Å². The molecular weight excluding hydrogens is 368 g/mol. The minimum Gasteiger partial charge on any atom is -0.450 e. The minimum atomic E-state index is -0.214. The molecule has 0 atom stereocenters. The molecule has 0 bridgehead atoms. The molecule has 1 heterocycles. The van der Waals surface area contributed by atoms with Crippen LogP contribution in [-0.2, 0) is 22.6 Å². The van der Waals surface area contributed by atoms with Crippen LogP contribution in [0.3, 0.4) is 0 Å². The summed E-state index contributed by atoms with van der Waals surface area (Å²) >= 11 is 0. The Balaban J connectivity index is 1.91. The fraction of sp³-hybridized carbons (Fsp3) is 0.636. The molecule has 1 amide bonds. The molecule has 0 spiro atoms. The Kier molecular flexibility index (Phi) is 10.3. The molecule has 0 saturated carbocycles. The van der Waals surface area contributed by atoms with E-state index in [1.54, 1.807) is 4.90 Å². The summed E-state index contributed by atoms with van der Waals surface area (Å²) in [6.45, 7) is 10.6. The van der Waals surface area contributed by atoms with Crippen molar-refractivity contribution in [1.29, 1.82) is 0 Å². The zero-order chi connectivity index (χ0) is 20.9. The molecule has 2 N–H and O–H groups in total. The van der Waals surface area contributed by atoms with Crippen LogP contribution in [0, 0.1) is 0 Å². The number of hydrogen-bond donors (Lipinski definition) is 2. The lowest BCUT2D eigenvalue weighted by atomic mass is 10.1. The van der Waals surface area contributed by atoms with E-state index in [0.29, 0.717) is 38.9 Å². The van der Waals surface area contributed by atoms with E-state index in [-0.39, 0.29) is 6.09 Å². The van der Waals surface area contributed by atoms with Crippen LogP contribution in [0.25, 0.3) is 0 Å². The first-order chi connectivity index (χ1) is 14.2. The molecule has 0 radical (unpaired) electrons. The van der Waals surface area contributed by atoms with Crippen molar-refractivity contribution in [3.05, 3.63) is 35.4 Å². The van der Waals surface area contributed by atoms with Crippen LogP contribution in [0.2, 0.25) is 0 Å². The Hall–Kier alpha value is -2.28. The van der Waals surface area contributed by atoms with Gasteiger partial charge in [0, 0.05) is 32.3 Å². The van der Waals surface area contributed by atoms with Gasteiger partial charge in [-0.15, -0.1) is 0 Å². The lowest BCUT2D eigenvalue weighted by molar-refractivity contribution is 0.0963. The minimum absolute atomic E-state index is 0.214. The van der Waals surface area contributed by atoms with E-state index < -0.39 is 0 Å². The number of rotatable bonds is 9. The average molecular weight is 405 g/mol. The third kappa shape index (κ3) is 7.93. The summed E-state index contributed by atoms with van der Waals surface area (Å²) in [6, 6.07) is 8.58. The van der Waals surface area contributed by atoms with Crippen LogP contribution in [0.15, 0.2) is 29.3 Å². The van der Waals surface area contributed by atoms with Gasteiger partial charge in [-0.2, -0.15) is 0 Å². The number of benzene rings is 1. The van der Waals surface area contributed by atoms with Crippen molar-refractivity contribution in [3.8, 4) is 0 Å². The van der Waals surface area contributed by atoms with Gasteiger partial charge in [-0.25, -0.2) is 9.79 Å². The zero-order valence-electron chi connectivity index (χ0n) is 18.1. The van der Waals surface area contributed by atoms with Crippen molar-refractivity contribution in [2.45, 2.75) is 59.2 Å². The summed E-state index contributed by atoms with van der Waals surface area (Å²) in [4.78, 5) is 18.4. The second-order valence-electron chi connectivity index (χ2n) is 7.12. The van der Waals surface area contributed by atoms with E-state index in [1.165, 1.54) is 11.1 Å². The number of aliphatic imine (C=N–C) groups is 1. The maximum absolute atomic E-state index is 11.9. The number of hydrogen-bond acceptors (Lipinski definition) is 4. The van der Waals surface area contributed by atoms with Gasteiger partial charge >= 0.3 is 6.09 Å². The molecule has 0 aliphatic carbocycles. The van der Waals surface area contributed by atoms with E-state index in [2.05, 4.69) is 36.6 Å². The molecule has 1 aliphatic rings. The standard InChI is InChI=1S/C22H36N4O3/c1-4-15-28-17-19-10-8-7-9-18(19)16-24-21(23-5-2)25-20-11-13-26(14-12-20)22(27)29-6-3/h7-10,20H,4-6,11-17H2,1-3H3,(H2,23,24,25). The number of likely N-dealkylation sites (tertiary alicyclic amines) is 1. The highest BCUT2D eigenvalue weighted by atomic mass is 16.6. The molecule has 1 fully saturated rings. The Labute approximate surface area is 174 Å². The van der Waals surface area contributed by atoms with Gasteiger partial charge in [0.25, 0.3) is 0 Å². The van der Waals surface area contributed by atoms with Gasteiger partial charge in [-0.1, -0.05) is 31.2 Å². The first-order valence-corrected chi connectivity index (χ1v) is 10.8. The van der Waals surface area contributed by atoms with Crippen LogP contribution in [0.1, 0.15) is 51.2 Å². The largest absolute Gasteiger partial charge is 0.450 e. The number of carbonyl (C=O) groups is 1. The van der Waals surface area contributed by atoms with Gasteiger partial charge in [-0.05, 0) is 44.2 Å².